The first-order chi connectivity index (χ1) is 8.58. The number of halogens is 1. The highest BCUT2D eigenvalue weighted by Crippen LogP contribution is 2.23. The van der Waals surface area contributed by atoms with Crippen LogP contribution in [-0.4, -0.2) is 29.9 Å². The normalized spacial score (nSPS) is 20.3. The quantitative estimate of drug-likeness (QED) is 0.834. The lowest BCUT2D eigenvalue weighted by molar-refractivity contribution is -0.125. The molecule has 4 heteroatoms. The van der Waals surface area contributed by atoms with E-state index in [0.29, 0.717) is 11.6 Å². The summed E-state index contributed by atoms with van der Waals surface area (Å²) in [6.07, 6.45) is 2.52. The summed E-state index contributed by atoms with van der Waals surface area (Å²) in [6, 6.07) is 7.64. The van der Waals surface area contributed by atoms with Gasteiger partial charge in [0.2, 0.25) is 5.91 Å². The number of nitrogens with two attached hydrogens (primary N) is 1. The van der Waals surface area contributed by atoms with Crippen molar-refractivity contribution in [2.24, 2.45) is 5.73 Å². The van der Waals surface area contributed by atoms with Gasteiger partial charge in [-0.3, -0.25) is 4.79 Å². The predicted molar refractivity (Wildman–Crippen MR) is 74.3 cm³/mol. The van der Waals surface area contributed by atoms with E-state index in [-0.39, 0.29) is 11.9 Å². The van der Waals surface area contributed by atoms with Crippen molar-refractivity contribution in [3.8, 4) is 0 Å². The Kier molecular flexibility index (Phi) is 4.04. The first kappa shape index (κ1) is 13.1. The molecular weight excluding hydrogens is 248 g/mol. The molecule has 1 heterocycles. The highest BCUT2D eigenvalue weighted by molar-refractivity contribution is 6.32. The van der Waals surface area contributed by atoms with Crippen LogP contribution in [0.5, 0.6) is 0 Å². The molecule has 1 saturated heterocycles. The number of rotatable bonds is 2. The summed E-state index contributed by atoms with van der Waals surface area (Å²) >= 11 is 6.10. The smallest absolute Gasteiger partial charge is 0.246 e. The molecule has 1 aliphatic rings. The largest absolute Gasteiger partial charge is 0.338 e. The molecule has 0 aromatic heterocycles. The zero-order valence-corrected chi connectivity index (χ0v) is 11.2. The predicted octanol–water partition coefficient (Wildman–Crippen LogP) is 2.30. The lowest BCUT2D eigenvalue weighted by Crippen LogP contribution is -2.30. The minimum atomic E-state index is 0.0142. The maximum absolute atomic E-state index is 12.0. The third kappa shape index (κ3) is 2.92. The molecule has 0 bridgehead atoms. The van der Waals surface area contributed by atoms with Crippen LogP contribution in [0.2, 0.25) is 5.02 Å². The minimum absolute atomic E-state index is 0.0142. The number of carbonyl (C=O) groups is 1. The van der Waals surface area contributed by atoms with Crippen molar-refractivity contribution in [3.63, 3.8) is 0 Å². The van der Waals surface area contributed by atoms with Crippen LogP contribution in [0, 0.1) is 0 Å². The number of carbonyl (C=O) groups excluding carboxylic acids is 1. The van der Waals surface area contributed by atoms with E-state index in [1.807, 2.05) is 31.2 Å². The van der Waals surface area contributed by atoms with Crippen molar-refractivity contribution in [1.82, 2.24) is 4.90 Å². The van der Waals surface area contributed by atoms with Crippen LogP contribution in [0.3, 0.4) is 0 Å². The van der Waals surface area contributed by atoms with Crippen LogP contribution in [0.1, 0.15) is 18.9 Å². The van der Waals surface area contributed by atoms with Gasteiger partial charge in [0.1, 0.15) is 0 Å². The van der Waals surface area contributed by atoms with E-state index in [1.54, 1.807) is 11.0 Å². The molecule has 96 valence electrons. The van der Waals surface area contributed by atoms with Crippen LogP contribution >= 0.6 is 11.6 Å². The molecule has 18 heavy (non-hydrogen) atoms. The molecular formula is C14H17ClN2O. The molecule has 1 aromatic rings. The number of allylic oxidation sites excluding steroid dienone is 1. The SMILES string of the molecule is CC(=CC(=O)N1CCC(N)C1)c1ccccc1Cl. The summed E-state index contributed by atoms with van der Waals surface area (Å²) < 4.78 is 0. The van der Waals surface area contributed by atoms with Gasteiger partial charge in [0.05, 0.1) is 0 Å². The lowest BCUT2D eigenvalue weighted by Gasteiger charge is -2.14. The Labute approximate surface area is 112 Å². The van der Waals surface area contributed by atoms with Gasteiger partial charge >= 0.3 is 0 Å². The molecule has 2 rings (SSSR count). The maximum Gasteiger partial charge on any atom is 0.246 e. The van der Waals surface area contributed by atoms with Crippen molar-refractivity contribution < 1.29 is 4.79 Å². The fraction of sp³-hybridized carbons (Fsp3) is 0.357. The second-order valence-electron chi connectivity index (χ2n) is 4.64. The van der Waals surface area contributed by atoms with Gasteiger partial charge < -0.3 is 10.6 Å². The van der Waals surface area contributed by atoms with Gasteiger partial charge in [-0.05, 0) is 30.5 Å². The molecule has 0 spiro atoms. The van der Waals surface area contributed by atoms with Gasteiger partial charge in [-0.15, -0.1) is 0 Å². The van der Waals surface area contributed by atoms with Crippen molar-refractivity contribution in [1.29, 1.82) is 0 Å². The fourth-order valence-electron chi connectivity index (χ4n) is 2.12. The lowest BCUT2D eigenvalue weighted by atomic mass is 10.1. The van der Waals surface area contributed by atoms with Crippen molar-refractivity contribution >= 4 is 23.1 Å². The molecule has 2 N–H and O–H groups in total. The monoisotopic (exact) mass is 264 g/mol. The number of benzene rings is 1. The summed E-state index contributed by atoms with van der Waals surface area (Å²) in [5.41, 5.74) is 7.57. The molecule has 1 aliphatic heterocycles. The highest BCUT2D eigenvalue weighted by atomic mass is 35.5. The van der Waals surface area contributed by atoms with Gasteiger partial charge in [-0.2, -0.15) is 0 Å². The third-order valence-corrected chi connectivity index (χ3v) is 3.50. The molecule has 3 nitrogen and oxygen atoms in total. The molecule has 1 unspecified atom stereocenters. The fourth-order valence-corrected chi connectivity index (χ4v) is 2.41. The maximum atomic E-state index is 12.0. The number of nitrogens with zero attached hydrogens (tertiary/aromatic N) is 1. The van der Waals surface area contributed by atoms with Crippen LogP contribution in [0.25, 0.3) is 5.57 Å². The summed E-state index contributed by atoms with van der Waals surface area (Å²) in [7, 11) is 0. The van der Waals surface area contributed by atoms with E-state index in [2.05, 4.69) is 0 Å². The van der Waals surface area contributed by atoms with E-state index in [4.69, 9.17) is 17.3 Å². The second kappa shape index (κ2) is 5.55. The highest BCUT2D eigenvalue weighted by Gasteiger charge is 2.22. The first-order valence-corrected chi connectivity index (χ1v) is 6.43. The Morgan fingerprint density at radius 3 is 2.83 bits per heavy atom. The molecule has 1 aromatic carbocycles. The van der Waals surface area contributed by atoms with E-state index >= 15 is 0 Å². The van der Waals surface area contributed by atoms with Crippen LogP contribution < -0.4 is 5.73 Å². The van der Waals surface area contributed by atoms with Crippen molar-refractivity contribution in [3.05, 3.63) is 40.9 Å². The number of amides is 1. The first-order valence-electron chi connectivity index (χ1n) is 6.05. The Hall–Kier alpha value is -1.32. The topological polar surface area (TPSA) is 46.3 Å². The molecule has 1 amide bonds. The zero-order valence-electron chi connectivity index (χ0n) is 10.4. The Balaban J connectivity index is 2.13. The number of hydrogen-bond donors (Lipinski definition) is 1. The molecule has 0 radical (unpaired) electrons. The molecule has 0 saturated carbocycles. The average Bonchev–Trinajstić information content (AvgIpc) is 2.76. The van der Waals surface area contributed by atoms with Gasteiger partial charge in [-0.1, -0.05) is 29.8 Å². The third-order valence-electron chi connectivity index (χ3n) is 3.18. The summed E-state index contributed by atoms with van der Waals surface area (Å²) in [5, 5.41) is 0.664. The zero-order chi connectivity index (χ0) is 13.1. The summed E-state index contributed by atoms with van der Waals surface area (Å²) in [4.78, 5) is 13.8. The van der Waals surface area contributed by atoms with E-state index in [1.165, 1.54) is 0 Å². The molecule has 1 fully saturated rings. The van der Waals surface area contributed by atoms with Gasteiger partial charge in [0.15, 0.2) is 0 Å². The van der Waals surface area contributed by atoms with E-state index < -0.39 is 0 Å². The minimum Gasteiger partial charge on any atom is -0.338 e. The van der Waals surface area contributed by atoms with E-state index in [0.717, 1.165) is 24.1 Å². The summed E-state index contributed by atoms with van der Waals surface area (Å²) in [6.45, 7) is 3.28. The van der Waals surface area contributed by atoms with Gasteiger partial charge in [0, 0.05) is 30.2 Å². The van der Waals surface area contributed by atoms with E-state index in [9.17, 15) is 4.79 Å². The van der Waals surface area contributed by atoms with Crippen LogP contribution in [0.15, 0.2) is 30.3 Å². The Morgan fingerprint density at radius 1 is 1.50 bits per heavy atom. The molecule has 1 atom stereocenters. The molecule has 0 aliphatic carbocycles. The van der Waals surface area contributed by atoms with Crippen LogP contribution in [-0.2, 0) is 4.79 Å². The Morgan fingerprint density at radius 2 is 2.22 bits per heavy atom. The van der Waals surface area contributed by atoms with Crippen molar-refractivity contribution in [2.45, 2.75) is 19.4 Å². The van der Waals surface area contributed by atoms with Gasteiger partial charge in [0.25, 0.3) is 0 Å². The standard InChI is InChI=1S/C14H17ClN2O/c1-10(12-4-2-3-5-13(12)15)8-14(18)17-7-6-11(16)9-17/h2-5,8,11H,6-7,9,16H2,1H3. The van der Waals surface area contributed by atoms with Crippen LogP contribution in [0.4, 0.5) is 0 Å². The summed E-state index contributed by atoms with van der Waals surface area (Å²) in [5.74, 6) is 0.0142. The van der Waals surface area contributed by atoms with Crippen molar-refractivity contribution in [2.75, 3.05) is 13.1 Å². The number of hydrogen-bond acceptors (Lipinski definition) is 2. The van der Waals surface area contributed by atoms with Gasteiger partial charge in [-0.25, -0.2) is 0 Å². The average molecular weight is 265 g/mol. The second-order valence-corrected chi connectivity index (χ2v) is 5.05. The number of likely N-dealkylation sites (tertiary alicyclic amines) is 1. The Bertz CT molecular complexity index is 484.